The summed E-state index contributed by atoms with van der Waals surface area (Å²) in [6.07, 6.45) is 4.21. The molecule has 2 aromatic heterocycles. The van der Waals surface area contributed by atoms with E-state index in [1.165, 1.54) is 12.6 Å². The Morgan fingerprint density at radius 3 is 2.74 bits per heavy atom. The zero-order valence-corrected chi connectivity index (χ0v) is 13.5. The monoisotopic (exact) mass is 332 g/mol. The zero-order valence-electron chi connectivity index (χ0n) is 12.6. The number of hydrogen-bond acceptors (Lipinski definition) is 5. The van der Waals surface area contributed by atoms with E-state index in [4.69, 9.17) is 4.42 Å². The predicted octanol–water partition coefficient (Wildman–Crippen LogP) is 2.99. The van der Waals surface area contributed by atoms with Gasteiger partial charge < -0.3 is 9.40 Å². The van der Waals surface area contributed by atoms with Gasteiger partial charge in [0.05, 0.1) is 12.4 Å². The second-order valence-corrected chi connectivity index (χ2v) is 6.99. The molecule has 0 bridgehead atoms. The van der Waals surface area contributed by atoms with Crippen molar-refractivity contribution in [3.8, 4) is 11.3 Å². The van der Waals surface area contributed by atoms with Crippen LogP contribution >= 0.6 is 0 Å². The summed E-state index contributed by atoms with van der Waals surface area (Å²) in [6, 6.07) is 6.89. The Morgan fingerprint density at radius 1 is 1.26 bits per heavy atom. The molecule has 2 N–H and O–H groups in total. The quantitative estimate of drug-likeness (QED) is 0.748. The van der Waals surface area contributed by atoms with Crippen LogP contribution in [0.4, 0.5) is 5.69 Å². The van der Waals surface area contributed by atoms with E-state index >= 15 is 0 Å². The molecule has 0 amide bonds. The largest absolute Gasteiger partial charge is 0.444 e. The third-order valence-electron chi connectivity index (χ3n) is 3.24. The van der Waals surface area contributed by atoms with Gasteiger partial charge in [-0.3, -0.25) is 4.72 Å². The van der Waals surface area contributed by atoms with E-state index in [0.29, 0.717) is 17.3 Å². The molecule has 0 aliphatic carbocycles. The van der Waals surface area contributed by atoms with Crippen molar-refractivity contribution >= 4 is 15.7 Å². The molecule has 8 heteroatoms. The molecule has 3 aromatic rings. The summed E-state index contributed by atoms with van der Waals surface area (Å²) in [5.41, 5.74) is 1.16. The van der Waals surface area contributed by atoms with Crippen molar-refractivity contribution < 1.29 is 12.8 Å². The number of benzene rings is 1. The first-order valence-corrected chi connectivity index (χ1v) is 8.50. The summed E-state index contributed by atoms with van der Waals surface area (Å²) in [7, 11) is -3.73. The summed E-state index contributed by atoms with van der Waals surface area (Å²) < 4.78 is 32.6. The summed E-state index contributed by atoms with van der Waals surface area (Å²) in [5.74, 6) is 1.31. The van der Waals surface area contributed by atoms with Gasteiger partial charge in [-0.2, -0.15) is 8.42 Å². The fourth-order valence-electron chi connectivity index (χ4n) is 2.05. The summed E-state index contributed by atoms with van der Waals surface area (Å²) in [5, 5.41) is 0.0336. The van der Waals surface area contributed by atoms with Crippen molar-refractivity contribution in [2.45, 2.75) is 24.8 Å². The fraction of sp³-hybridized carbons (Fsp3) is 0.200. The molecular weight excluding hydrogens is 316 g/mol. The van der Waals surface area contributed by atoms with Crippen LogP contribution in [-0.4, -0.2) is 23.4 Å². The lowest BCUT2D eigenvalue weighted by molar-refractivity contribution is 0.572. The number of aromatic amines is 1. The van der Waals surface area contributed by atoms with Crippen LogP contribution < -0.4 is 4.72 Å². The van der Waals surface area contributed by atoms with Crippen molar-refractivity contribution in [1.29, 1.82) is 0 Å². The molecule has 2 heterocycles. The second-order valence-electron chi connectivity index (χ2n) is 5.34. The maximum absolute atomic E-state index is 12.4. The number of aromatic nitrogens is 3. The van der Waals surface area contributed by atoms with Crippen molar-refractivity contribution in [2.24, 2.45) is 0 Å². The van der Waals surface area contributed by atoms with Gasteiger partial charge in [-0.1, -0.05) is 26.0 Å². The summed E-state index contributed by atoms with van der Waals surface area (Å²) in [6.45, 7) is 3.87. The smallest absolute Gasteiger partial charge is 0.278 e. The highest BCUT2D eigenvalue weighted by atomic mass is 32.2. The zero-order chi connectivity index (χ0) is 16.4. The average Bonchev–Trinajstić information content (AvgIpc) is 3.19. The van der Waals surface area contributed by atoms with Gasteiger partial charge >= 0.3 is 0 Å². The molecule has 3 rings (SSSR count). The van der Waals surface area contributed by atoms with Crippen LogP contribution in [0.25, 0.3) is 11.3 Å². The van der Waals surface area contributed by atoms with Gasteiger partial charge in [0.25, 0.3) is 10.0 Å². The number of nitrogens with zero attached hydrogens (tertiary/aromatic N) is 2. The Bertz CT molecular complexity index is 898. The second kappa shape index (κ2) is 5.88. The third-order valence-corrected chi connectivity index (χ3v) is 4.53. The van der Waals surface area contributed by atoms with Gasteiger partial charge in [0.15, 0.2) is 17.2 Å². The number of oxazole rings is 1. The van der Waals surface area contributed by atoms with Crippen LogP contribution in [0.3, 0.4) is 0 Å². The fourth-order valence-corrected chi connectivity index (χ4v) is 3.03. The van der Waals surface area contributed by atoms with Gasteiger partial charge in [0, 0.05) is 17.2 Å². The van der Waals surface area contributed by atoms with Crippen LogP contribution in [0.5, 0.6) is 0 Å². The first-order chi connectivity index (χ1) is 11.0. The van der Waals surface area contributed by atoms with Crippen molar-refractivity contribution in [3.05, 3.63) is 48.9 Å². The summed E-state index contributed by atoms with van der Waals surface area (Å²) >= 11 is 0. The number of hydrogen-bond donors (Lipinski definition) is 2. The first-order valence-electron chi connectivity index (χ1n) is 7.02. The predicted molar refractivity (Wildman–Crippen MR) is 85.4 cm³/mol. The van der Waals surface area contributed by atoms with E-state index < -0.39 is 10.0 Å². The maximum atomic E-state index is 12.4. The number of anilines is 1. The number of rotatable bonds is 5. The molecule has 120 valence electrons. The van der Waals surface area contributed by atoms with E-state index in [1.807, 2.05) is 19.9 Å². The summed E-state index contributed by atoms with van der Waals surface area (Å²) in [4.78, 5) is 10.8. The van der Waals surface area contributed by atoms with Crippen LogP contribution in [-0.2, 0) is 10.0 Å². The Balaban J connectivity index is 1.87. The van der Waals surface area contributed by atoms with Crippen molar-refractivity contribution in [3.63, 3.8) is 0 Å². The lowest BCUT2D eigenvalue weighted by Gasteiger charge is -2.07. The van der Waals surface area contributed by atoms with Crippen LogP contribution in [0.15, 0.2) is 52.5 Å². The standard InChI is InChI=1S/C15H16N4O3S/c1-10(2)15-17-8-14(18-15)23(20,21)19-12-5-3-4-11(6-12)13-7-16-9-22-13/h3-10,19H,1-2H3,(H,17,18). The molecule has 7 nitrogen and oxygen atoms in total. The van der Waals surface area contributed by atoms with Gasteiger partial charge in [0.2, 0.25) is 0 Å². The van der Waals surface area contributed by atoms with E-state index in [0.717, 1.165) is 5.56 Å². The SMILES string of the molecule is CC(C)c1ncc(S(=O)(=O)Nc2cccc(-c3cnco3)c2)[nH]1. The first kappa shape index (κ1) is 15.3. The lowest BCUT2D eigenvalue weighted by atomic mass is 10.2. The number of H-pyrrole nitrogens is 1. The Labute approximate surface area is 133 Å². The minimum atomic E-state index is -3.73. The molecule has 1 aromatic carbocycles. The van der Waals surface area contributed by atoms with Gasteiger partial charge in [0.1, 0.15) is 5.82 Å². The normalized spacial score (nSPS) is 11.8. The average molecular weight is 332 g/mol. The Morgan fingerprint density at radius 2 is 2.09 bits per heavy atom. The highest BCUT2D eigenvalue weighted by Crippen LogP contribution is 2.24. The molecule has 0 aliphatic rings. The van der Waals surface area contributed by atoms with E-state index in [2.05, 4.69) is 19.7 Å². The van der Waals surface area contributed by atoms with Crippen LogP contribution in [0, 0.1) is 0 Å². The Kier molecular flexibility index (Phi) is 3.91. The molecule has 23 heavy (non-hydrogen) atoms. The lowest BCUT2D eigenvalue weighted by Crippen LogP contribution is -2.13. The van der Waals surface area contributed by atoms with Crippen molar-refractivity contribution in [1.82, 2.24) is 15.0 Å². The molecule has 0 atom stereocenters. The molecule has 0 aliphatic heterocycles. The van der Waals surface area contributed by atoms with Crippen molar-refractivity contribution in [2.75, 3.05) is 4.72 Å². The number of nitrogens with one attached hydrogen (secondary N) is 2. The molecule has 0 saturated heterocycles. The van der Waals surface area contributed by atoms with E-state index in [1.54, 1.807) is 24.4 Å². The van der Waals surface area contributed by atoms with Gasteiger partial charge in [-0.15, -0.1) is 0 Å². The molecule has 0 radical (unpaired) electrons. The van der Waals surface area contributed by atoms with E-state index in [9.17, 15) is 8.42 Å². The highest BCUT2D eigenvalue weighted by molar-refractivity contribution is 7.92. The van der Waals surface area contributed by atoms with Crippen LogP contribution in [0.1, 0.15) is 25.6 Å². The molecule has 0 saturated carbocycles. The van der Waals surface area contributed by atoms with Gasteiger partial charge in [-0.25, -0.2) is 9.97 Å². The minimum absolute atomic E-state index is 0.0336. The molecular formula is C15H16N4O3S. The van der Waals surface area contributed by atoms with Crippen LogP contribution in [0.2, 0.25) is 0 Å². The highest BCUT2D eigenvalue weighted by Gasteiger charge is 2.18. The maximum Gasteiger partial charge on any atom is 0.278 e. The minimum Gasteiger partial charge on any atom is -0.444 e. The number of sulfonamides is 1. The third kappa shape index (κ3) is 3.26. The number of imidazole rings is 1. The molecule has 0 unspecified atom stereocenters. The van der Waals surface area contributed by atoms with Gasteiger partial charge in [-0.05, 0) is 12.1 Å². The topological polar surface area (TPSA) is 101 Å². The Hall–Kier alpha value is -2.61. The molecule has 0 fully saturated rings. The van der Waals surface area contributed by atoms with E-state index in [-0.39, 0.29) is 10.9 Å². The molecule has 0 spiro atoms.